The lowest BCUT2D eigenvalue weighted by atomic mass is 10.1. The number of methoxy groups -OCH3 is 1. The predicted molar refractivity (Wildman–Crippen MR) is 142 cm³/mol. The second-order valence-electron chi connectivity index (χ2n) is 8.07. The van der Waals surface area contributed by atoms with Crippen LogP contribution < -0.4 is 19.7 Å². The maximum Gasteiger partial charge on any atom is 0.333 e. The second kappa shape index (κ2) is 9.93. The summed E-state index contributed by atoms with van der Waals surface area (Å²) in [5, 5.41) is 5.63. The van der Waals surface area contributed by atoms with E-state index in [9.17, 15) is 9.59 Å². The van der Waals surface area contributed by atoms with Crippen molar-refractivity contribution >= 4 is 57.7 Å². The average Bonchev–Trinajstić information content (AvgIpc) is 3.16. The van der Waals surface area contributed by atoms with Crippen LogP contribution >= 0.6 is 23.2 Å². The van der Waals surface area contributed by atoms with Crippen molar-refractivity contribution in [1.29, 1.82) is 0 Å². The molecule has 0 saturated carbocycles. The molecule has 0 bridgehead atoms. The number of halogens is 2. The normalized spacial score (nSPS) is 14.4. The van der Waals surface area contributed by atoms with Gasteiger partial charge in [0.2, 0.25) is 0 Å². The summed E-state index contributed by atoms with van der Waals surface area (Å²) in [6.45, 7) is 0.294. The number of carbonyl (C=O) groups is 2. The third kappa shape index (κ3) is 4.61. The van der Waals surface area contributed by atoms with Gasteiger partial charge in [0, 0.05) is 5.02 Å². The van der Waals surface area contributed by atoms with Gasteiger partial charge in [0.25, 0.3) is 5.91 Å². The van der Waals surface area contributed by atoms with Crippen LogP contribution in [0.15, 0.2) is 84.6 Å². The minimum absolute atomic E-state index is 0.109. The minimum atomic E-state index is -0.554. The molecule has 0 aliphatic carbocycles. The van der Waals surface area contributed by atoms with Crippen molar-refractivity contribution in [2.75, 3.05) is 12.0 Å². The van der Waals surface area contributed by atoms with E-state index < -0.39 is 11.9 Å². The molecule has 1 heterocycles. The summed E-state index contributed by atoms with van der Waals surface area (Å²) >= 11 is 12.5. The molecule has 0 aromatic heterocycles. The van der Waals surface area contributed by atoms with Gasteiger partial charge >= 0.3 is 6.03 Å². The highest BCUT2D eigenvalue weighted by Crippen LogP contribution is 2.38. The summed E-state index contributed by atoms with van der Waals surface area (Å²) in [6, 6.07) is 23.3. The number of hydrogen-bond acceptors (Lipinski definition) is 4. The highest BCUT2D eigenvalue weighted by atomic mass is 35.5. The maximum absolute atomic E-state index is 12.9. The number of nitrogens with one attached hydrogen (secondary N) is 1. The van der Waals surface area contributed by atoms with Crippen molar-refractivity contribution in [2.45, 2.75) is 6.61 Å². The summed E-state index contributed by atoms with van der Waals surface area (Å²) in [4.78, 5) is 26.5. The van der Waals surface area contributed by atoms with E-state index in [4.69, 9.17) is 32.7 Å². The number of rotatable bonds is 6. The van der Waals surface area contributed by atoms with E-state index in [1.165, 1.54) is 7.11 Å². The zero-order valence-corrected chi connectivity index (χ0v) is 20.6. The molecule has 5 rings (SSSR count). The number of imide groups is 1. The lowest BCUT2D eigenvalue weighted by Crippen LogP contribution is -2.30. The predicted octanol–water partition coefficient (Wildman–Crippen LogP) is 6.83. The van der Waals surface area contributed by atoms with E-state index in [1.807, 2.05) is 42.5 Å². The molecule has 1 N–H and O–H groups in total. The average molecular weight is 519 g/mol. The van der Waals surface area contributed by atoms with Crippen LogP contribution in [0, 0.1) is 0 Å². The molecule has 6 nitrogen and oxygen atoms in total. The van der Waals surface area contributed by atoms with Gasteiger partial charge in [-0.1, -0.05) is 65.7 Å². The molecule has 0 radical (unpaired) electrons. The van der Waals surface area contributed by atoms with Crippen molar-refractivity contribution in [3.8, 4) is 11.5 Å². The SMILES string of the molecule is COc1cc(/C=C2/NC(=O)N(c3ccc(Cl)cc3)C2=O)cc(Cl)c1OCc1cccc2ccccc12. The molecule has 1 saturated heterocycles. The Morgan fingerprint density at radius 3 is 2.47 bits per heavy atom. The molecule has 3 amide bonds. The molecule has 4 aromatic carbocycles. The summed E-state index contributed by atoms with van der Waals surface area (Å²) in [5.74, 6) is 0.299. The van der Waals surface area contributed by atoms with Crippen LogP contribution in [0.25, 0.3) is 16.8 Å². The Balaban J connectivity index is 1.40. The van der Waals surface area contributed by atoms with Crippen LogP contribution in [-0.4, -0.2) is 19.0 Å². The van der Waals surface area contributed by atoms with Crippen molar-refractivity contribution < 1.29 is 19.1 Å². The van der Waals surface area contributed by atoms with E-state index in [0.29, 0.717) is 39.4 Å². The van der Waals surface area contributed by atoms with Crippen LogP contribution in [0.5, 0.6) is 11.5 Å². The molecule has 180 valence electrons. The standard InChI is InChI=1S/C28H20Cl2N2O4/c1-35-25-15-17(14-24-27(33)32(28(34)31-24)21-11-9-20(29)10-12-21)13-23(30)26(25)36-16-19-7-4-6-18-5-2-3-8-22(18)19/h2-15H,16H2,1H3,(H,31,34)/b24-14+. The zero-order chi connectivity index (χ0) is 25.2. The lowest BCUT2D eigenvalue weighted by molar-refractivity contribution is -0.113. The molecule has 1 aliphatic rings. The Morgan fingerprint density at radius 2 is 1.69 bits per heavy atom. The number of nitrogens with zero attached hydrogens (tertiary/aromatic N) is 1. The molecule has 1 aliphatic heterocycles. The van der Waals surface area contributed by atoms with E-state index in [1.54, 1.807) is 42.5 Å². The molecule has 0 unspecified atom stereocenters. The first-order valence-corrected chi connectivity index (χ1v) is 11.8. The fraction of sp³-hybridized carbons (Fsp3) is 0.0714. The smallest absolute Gasteiger partial charge is 0.333 e. The van der Waals surface area contributed by atoms with Crippen LogP contribution in [0.2, 0.25) is 10.0 Å². The first-order valence-electron chi connectivity index (χ1n) is 11.0. The number of anilines is 1. The summed E-state index contributed by atoms with van der Waals surface area (Å²) in [5.41, 5.74) is 2.10. The second-order valence-corrected chi connectivity index (χ2v) is 8.91. The van der Waals surface area contributed by atoms with Gasteiger partial charge in [-0.2, -0.15) is 0 Å². The van der Waals surface area contributed by atoms with Crippen molar-refractivity contribution in [3.05, 3.63) is 106 Å². The van der Waals surface area contributed by atoms with Gasteiger partial charge in [-0.3, -0.25) is 4.79 Å². The summed E-state index contributed by atoms with van der Waals surface area (Å²) in [6.07, 6.45) is 1.54. The van der Waals surface area contributed by atoms with E-state index in [2.05, 4.69) is 5.32 Å². The molecule has 8 heteroatoms. The number of carbonyl (C=O) groups excluding carboxylic acids is 2. The molecular formula is C28H20Cl2N2O4. The molecule has 0 atom stereocenters. The maximum atomic E-state index is 12.9. The third-order valence-corrected chi connectivity index (χ3v) is 6.31. The van der Waals surface area contributed by atoms with Gasteiger partial charge in [0.1, 0.15) is 12.3 Å². The van der Waals surface area contributed by atoms with Gasteiger partial charge < -0.3 is 14.8 Å². The van der Waals surface area contributed by atoms with Crippen LogP contribution in [0.1, 0.15) is 11.1 Å². The largest absolute Gasteiger partial charge is 0.493 e. The van der Waals surface area contributed by atoms with Crippen LogP contribution in [0.3, 0.4) is 0 Å². The van der Waals surface area contributed by atoms with Gasteiger partial charge in [0.15, 0.2) is 11.5 Å². The summed E-state index contributed by atoms with van der Waals surface area (Å²) < 4.78 is 11.6. The molecular weight excluding hydrogens is 499 g/mol. The highest BCUT2D eigenvalue weighted by Gasteiger charge is 2.34. The Bertz CT molecular complexity index is 1510. The summed E-state index contributed by atoms with van der Waals surface area (Å²) in [7, 11) is 1.51. The highest BCUT2D eigenvalue weighted by molar-refractivity contribution is 6.33. The van der Waals surface area contributed by atoms with Gasteiger partial charge in [-0.25, -0.2) is 9.69 Å². The molecule has 36 heavy (non-hydrogen) atoms. The number of ether oxygens (including phenoxy) is 2. The first-order chi connectivity index (χ1) is 17.4. The number of urea groups is 1. The number of amides is 3. The zero-order valence-electron chi connectivity index (χ0n) is 19.1. The Kier molecular flexibility index (Phi) is 6.55. The number of fused-ring (bicyclic) bond motifs is 1. The molecule has 1 fully saturated rings. The number of benzene rings is 4. The van der Waals surface area contributed by atoms with Crippen LogP contribution in [-0.2, 0) is 11.4 Å². The fourth-order valence-electron chi connectivity index (χ4n) is 4.06. The molecule has 0 spiro atoms. The van der Waals surface area contributed by atoms with Crippen molar-refractivity contribution in [3.63, 3.8) is 0 Å². The van der Waals surface area contributed by atoms with E-state index in [-0.39, 0.29) is 5.70 Å². The quantitative estimate of drug-likeness (QED) is 0.224. The monoisotopic (exact) mass is 518 g/mol. The topological polar surface area (TPSA) is 67.9 Å². The van der Waals surface area contributed by atoms with Gasteiger partial charge in [0.05, 0.1) is 17.8 Å². The Hall–Kier alpha value is -4.00. The van der Waals surface area contributed by atoms with Gasteiger partial charge in [-0.15, -0.1) is 0 Å². The van der Waals surface area contributed by atoms with E-state index >= 15 is 0 Å². The minimum Gasteiger partial charge on any atom is -0.493 e. The third-order valence-electron chi connectivity index (χ3n) is 5.78. The Morgan fingerprint density at radius 1 is 0.944 bits per heavy atom. The van der Waals surface area contributed by atoms with Crippen LogP contribution in [0.4, 0.5) is 10.5 Å². The van der Waals surface area contributed by atoms with Crippen molar-refractivity contribution in [2.24, 2.45) is 0 Å². The van der Waals surface area contributed by atoms with E-state index in [0.717, 1.165) is 21.2 Å². The Labute approximate surface area is 217 Å². The lowest BCUT2D eigenvalue weighted by Gasteiger charge is -2.14. The first kappa shape index (κ1) is 23.7. The van der Waals surface area contributed by atoms with Gasteiger partial charge in [-0.05, 0) is 64.4 Å². The van der Waals surface area contributed by atoms with Crippen molar-refractivity contribution in [1.82, 2.24) is 5.32 Å². The fourth-order valence-corrected chi connectivity index (χ4v) is 4.46. The molecule has 4 aromatic rings. The number of hydrogen-bond donors (Lipinski definition) is 1.